The Labute approximate surface area is 168 Å². The molecule has 5 nitrogen and oxygen atoms in total. The maximum atomic E-state index is 12.7. The number of carbonyl (C=O) groups is 2. The van der Waals surface area contributed by atoms with Crippen molar-refractivity contribution in [3.05, 3.63) is 59.1 Å². The van der Waals surface area contributed by atoms with E-state index in [4.69, 9.17) is 4.74 Å². The molecule has 0 saturated carbocycles. The summed E-state index contributed by atoms with van der Waals surface area (Å²) >= 11 is 1.65. The molecule has 0 aliphatic carbocycles. The van der Waals surface area contributed by atoms with Crippen molar-refractivity contribution < 1.29 is 14.3 Å². The lowest BCUT2D eigenvalue weighted by molar-refractivity contribution is -0.153. The normalized spacial score (nSPS) is 14.1. The van der Waals surface area contributed by atoms with Gasteiger partial charge in [0.1, 0.15) is 0 Å². The SMILES string of the molecule is CC(OC(=O)CCCc1nc2ccccc2s1)C(=O)N1CCc2ccccc21. The van der Waals surface area contributed by atoms with Crippen molar-refractivity contribution in [3.8, 4) is 0 Å². The molecule has 0 N–H and O–H groups in total. The predicted octanol–water partition coefficient (Wildman–Crippen LogP) is 4.14. The number of para-hydroxylation sites is 2. The number of hydrogen-bond donors (Lipinski definition) is 0. The van der Waals surface area contributed by atoms with Gasteiger partial charge < -0.3 is 9.64 Å². The van der Waals surface area contributed by atoms with Crippen molar-refractivity contribution in [2.24, 2.45) is 0 Å². The van der Waals surface area contributed by atoms with Gasteiger partial charge in [-0.1, -0.05) is 30.3 Å². The second kappa shape index (κ2) is 8.10. The third-order valence-corrected chi connectivity index (χ3v) is 6.02. The van der Waals surface area contributed by atoms with Crippen LogP contribution in [-0.4, -0.2) is 29.5 Å². The fourth-order valence-electron chi connectivity index (χ4n) is 3.50. The highest BCUT2D eigenvalue weighted by molar-refractivity contribution is 7.18. The predicted molar refractivity (Wildman–Crippen MR) is 111 cm³/mol. The molecule has 6 heteroatoms. The average molecular weight is 394 g/mol. The lowest BCUT2D eigenvalue weighted by atomic mass is 10.2. The zero-order valence-corrected chi connectivity index (χ0v) is 16.6. The van der Waals surface area contributed by atoms with Gasteiger partial charge in [-0.05, 0) is 49.9 Å². The van der Waals surface area contributed by atoms with Gasteiger partial charge in [0.15, 0.2) is 6.10 Å². The third-order valence-electron chi connectivity index (χ3n) is 4.92. The molecule has 1 atom stereocenters. The van der Waals surface area contributed by atoms with E-state index in [1.165, 1.54) is 0 Å². The maximum Gasteiger partial charge on any atom is 0.306 e. The first kappa shape index (κ1) is 18.6. The summed E-state index contributed by atoms with van der Waals surface area (Å²) in [5.41, 5.74) is 3.08. The molecule has 1 aliphatic heterocycles. The molecule has 0 spiro atoms. The molecule has 144 valence electrons. The average Bonchev–Trinajstić information content (AvgIpc) is 3.31. The number of ether oxygens (including phenoxy) is 1. The van der Waals surface area contributed by atoms with E-state index >= 15 is 0 Å². The molecule has 1 unspecified atom stereocenters. The van der Waals surface area contributed by atoms with Crippen LogP contribution >= 0.6 is 11.3 Å². The van der Waals surface area contributed by atoms with Crippen molar-refractivity contribution in [1.29, 1.82) is 0 Å². The number of aryl methyl sites for hydroxylation is 1. The smallest absolute Gasteiger partial charge is 0.306 e. The minimum Gasteiger partial charge on any atom is -0.453 e. The van der Waals surface area contributed by atoms with Gasteiger partial charge in [-0.3, -0.25) is 9.59 Å². The van der Waals surface area contributed by atoms with E-state index < -0.39 is 6.10 Å². The van der Waals surface area contributed by atoms with Crippen molar-refractivity contribution in [3.63, 3.8) is 0 Å². The van der Waals surface area contributed by atoms with E-state index in [1.54, 1.807) is 23.2 Å². The number of nitrogens with zero attached hydrogens (tertiary/aromatic N) is 2. The highest BCUT2D eigenvalue weighted by Gasteiger charge is 2.29. The van der Waals surface area contributed by atoms with Crippen molar-refractivity contribution in [2.75, 3.05) is 11.4 Å². The van der Waals surface area contributed by atoms with Crippen LogP contribution in [0.25, 0.3) is 10.2 Å². The second-order valence-electron chi connectivity index (χ2n) is 6.93. The standard InChI is InChI=1S/C22H22N2O3S/c1-15(22(26)24-14-13-16-7-2-4-9-18(16)24)27-21(25)12-6-11-20-23-17-8-3-5-10-19(17)28-20/h2-5,7-10,15H,6,11-14H2,1H3. The number of carbonyl (C=O) groups excluding carboxylic acids is 2. The Morgan fingerprint density at radius 1 is 1.18 bits per heavy atom. The Kier molecular flexibility index (Phi) is 5.39. The minimum atomic E-state index is -0.777. The molecule has 0 bridgehead atoms. The summed E-state index contributed by atoms with van der Waals surface area (Å²) in [4.78, 5) is 31.1. The van der Waals surface area contributed by atoms with Gasteiger partial charge in [0.25, 0.3) is 5.91 Å². The fourth-order valence-corrected chi connectivity index (χ4v) is 4.51. The third kappa shape index (κ3) is 3.92. The zero-order valence-electron chi connectivity index (χ0n) is 15.8. The van der Waals surface area contributed by atoms with Gasteiger partial charge >= 0.3 is 5.97 Å². The number of hydrogen-bond acceptors (Lipinski definition) is 5. The summed E-state index contributed by atoms with van der Waals surface area (Å²) in [6.45, 7) is 2.28. The molecular formula is C22H22N2O3S. The Bertz CT molecular complexity index is 981. The fraction of sp³-hybridized carbons (Fsp3) is 0.318. The van der Waals surface area contributed by atoms with E-state index in [-0.39, 0.29) is 18.3 Å². The molecule has 2 aromatic carbocycles. The molecule has 1 aromatic heterocycles. The van der Waals surface area contributed by atoms with Gasteiger partial charge in [-0.25, -0.2) is 4.98 Å². The minimum absolute atomic E-state index is 0.163. The van der Waals surface area contributed by atoms with Crippen LogP contribution in [0.4, 0.5) is 5.69 Å². The maximum absolute atomic E-state index is 12.7. The Morgan fingerprint density at radius 2 is 1.96 bits per heavy atom. The number of aromatic nitrogens is 1. The van der Waals surface area contributed by atoms with Crippen LogP contribution < -0.4 is 4.90 Å². The molecule has 1 aliphatic rings. The molecule has 0 fully saturated rings. The zero-order chi connectivity index (χ0) is 19.5. The summed E-state index contributed by atoms with van der Waals surface area (Å²) < 4.78 is 6.55. The number of amides is 1. The first-order chi connectivity index (χ1) is 13.6. The van der Waals surface area contributed by atoms with Crippen LogP contribution in [0.3, 0.4) is 0 Å². The largest absolute Gasteiger partial charge is 0.453 e. The van der Waals surface area contributed by atoms with Crippen LogP contribution in [-0.2, 0) is 27.2 Å². The molecule has 0 radical (unpaired) electrons. The number of thiazole rings is 1. The van der Waals surface area contributed by atoms with Crippen molar-refractivity contribution >= 4 is 39.1 Å². The van der Waals surface area contributed by atoms with Gasteiger partial charge in [0, 0.05) is 18.7 Å². The molecule has 1 amide bonds. The number of esters is 1. The summed E-state index contributed by atoms with van der Waals surface area (Å²) in [5, 5.41) is 1.02. The highest BCUT2D eigenvalue weighted by atomic mass is 32.1. The topological polar surface area (TPSA) is 59.5 Å². The summed E-state index contributed by atoms with van der Waals surface area (Å²) in [6, 6.07) is 15.9. The van der Waals surface area contributed by atoms with E-state index in [2.05, 4.69) is 11.1 Å². The first-order valence-electron chi connectivity index (χ1n) is 9.55. The first-order valence-corrected chi connectivity index (χ1v) is 10.4. The van der Waals surface area contributed by atoms with Gasteiger partial charge in [0.05, 0.1) is 15.2 Å². The van der Waals surface area contributed by atoms with Crippen LogP contribution in [0.2, 0.25) is 0 Å². The Hall–Kier alpha value is -2.73. The molecule has 3 aromatic rings. The van der Waals surface area contributed by atoms with Crippen LogP contribution in [0.5, 0.6) is 0 Å². The van der Waals surface area contributed by atoms with Crippen LogP contribution in [0, 0.1) is 0 Å². The highest BCUT2D eigenvalue weighted by Crippen LogP contribution is 2.28. The number of benzene rings is 2. The molecule has 2 heterocycles. The quantitative estimate of drug-likeness (QED) is 0.590. The number of anilines is 1. The summed E-state index contributed by atoms with van der Waals surface area (Å²) in [5.74, 6) is -0.501. The van der Waals surface area contributed by atoms with Gasteiger partial charge in [-0.15, -0.1) is 11.3 Å². The summed E-state index contributed by atoms with van der Waals surface area (Å²) in [7, 11) is 0. The van der Waals surface area contributed by atoms with Crippen molar-refractivity contribution in [1.82, 2.24) is 4.98 Å². The van der Waals surface area contributed by atoms with Crippen LogP contribution in [0.1, 0.15) is 30.3 Å². The molecule has 4 rings (SSSR count). The van der Waals surface area contributed by atoms with E-state index in [0.29, 0.717) is 13.0 Å². The number of rotatable bonds is 6. The Balaban J connectivity index is 1.27. The molecule has 28 heavy (non-hydrogen) atoms. The molecule has 0 saturated heterocycles. The lowest BCUT2D eigenvalue weighted by Crippen LogP contribution is -2.39. The molecular weight excluding hydrogens is 372 g/mol. The Morgan fingerprint density at radius 3 is 2.82 bits per heavy atom. The van der Waals surface area contributed by atoms with E-state index in [1.807, 2.05) is 42.5 Å². The van der Waals surface area contributed by atoms with Crippen molar-refractivity contribution in [2.45, 2.75) is 38.7 Å². The van der Waals surface area contributed by atoms with Gasteiger partial charge in [-0.2, -0.15) is 0 Å². The van der Waals surface area contributed by atoms with E-state index in [9.17, 15) is 9.59 Å². The van der Waals surface area contributed by atoms with E-state index in [0.717, 1.165) is 39.3 Å². The number of fused-ring (bicyclic) bond motifs is 2. The lowest BCUT2D eigenvalue weighted by Gasteiger charge is -2.21. The second-order valence-corrected chi connectivity index (χ2v) is 8.04. The van der Waals surface area contributed by atoms with Gasteiger partial charge in [0.2, 0.25) is 0 Å². The monoisotopic (exact) mass is 394 g/mol. The van der Waals surface area contributed by atoms with Crippen LogP contribution in [0.15, 0.2) is 48.5 Å². The summed E-state index contributed by atoms with van der Waals surface area (Å²) in [6.07, 6.45) is 1.73.